The van der Waals surface area contributed by atoms with Crippen LogP contribution in [-0.4, -0.2) is 23.3 Å². The maximum absolute atomic E-state index is 10.4. The van der Waals surface area contributed by atoms with Crippen LogP contribution in [0.1, 0.15) is 22.3 Å². The van der Waals surface area contributed by atoms with Crippen molar-refractivity contribution in [2.24, 2.45) is 11.5 Å². The minimum atomic E-state index is -0.721. The maximum Gasteiger partial charge on any atom is 0.0848 e. The third kappa shape index (κ3) is 4.67. The molecule has 0 aliphatic heterocycles. The van der Waals surface area contributed by atoms with Crippen LogP contribution in [0.4, 0.5) is 0 Å². The number of aryl methyl sites for hydroxylation is 2. The monoisotopic (exact) mass is 298 g/mol. The Bertz CT molecular complexity index is 577. The Balaban J connectivity index is 1.97. The van der Waals surface area contributed by atoms with Gasteiger partial charge >= 0.3 is 0 Å². The van der Waals surface area contributed by atoms with E-state index in [0.29, 0.717) is 12.8 Å². The fourth-order valence-electron chi connectivity index (χ4n) is 2.90. The molecule has 2 rings (SSSR count). The third-order valence-corrected chi connectivity index (χ3v) is 3.94. The van der Waals surface area contributed by atoms with Crippen LogP contribution in [0.15, 0.2) is 48.5 Å². The normalized spacial score (nSPS) is 15.3. The third-order valence-electron chi connectivity index (χ3n) is 3.94. The molecule has 0 amide bonds. The van der Waals surface area contributed by atoms with Crippen LogP contribution in [-0.2, 0) is 12.8 Å². The van der Waals surface area contributed by atoms with E-state index >= 15 is 0 Å². The van der Waals surface area contributed by atoms with Crippen molar-refractivity contribution in [3.63, 3.8) is 0 Å². The molecule has 0 bridgehead atoms. The predicted molar refractivity (Wildman–Crippen MR) is 91.7 cm³/mol. The number of aliphatic hydroxyl groups excluding tert-OH is 1. The van der Waals surface area contributed by atoms with Gasteiger partial charge in [0.15, 0.2) is 0 Å². The van der Waals surface area contributed by atoms with Crippen molar-refractivity contribution < 1.29 is 5.11 Å². The molecule has 0 saturated heterocycles. The molecule has 5 N–H and O–H groups in total. The molecule has 3 atom stereocenters. The standard InChI is InChI=1S/C19H26N2O/c1-13-8-14(2)10-16(9-13)12-18(21)19(22)17(20)11-15-6-4-3-5-7-15/h3-10,17-19,22H,11-12,20-21H2,1-2H3/t17-,18-,19+/m0/s1. The fraction of sp³-hybridized carbons (Fsp3) is 0.368. The van der Waals surface area contributed by atoms with Crippen LogP contribution in [0.3, 0.4) is 0 Å². The van der Waals surface area contributed by atoms with Crippen molar-refractivity contribution in [3.05, 3.63) is 70.8 Å². The molecule has 0 aliphatic rings. The topological polar surface area (TPSA) is 72.3 Å². The lowest BCUT2D eigenvalue weighted by molar-refractivity contribution is 0.116. The summed E-state index contributed by atoms with van der Waals surface area (Å²) in [6.45, 7) is 4.14. The zero-order valence-electron chi connectivity index (χ0n) is 13.4. The largest absolute Gasteiger partial charge is 0.390 e. The van der Waals surface area contributed by atoms with Gasteiger partial charge in [-0.3, -0.25) is 0 Å². The number of nitrogens with two attached hydrogens (primary N) is 2. The fourth-order valence-corrected chi connectivity index (χ4v) is 2.90. The highest BCUT2D eigenvalue weighted by Crippen LogP contribution is 2.13. The summed E-state index contributed by atoms with van der Waals surface area (Å²) in [6, 6.07) is 15.6. The average molecular weight is 298 g/mol. The SMILES string of the molecule is Cc1cc(C)cc(C[C@H](N)[C@H](O)[C@@H](N)Cc2ccccc2)c1. The highest BCUT2D eigenvalue weighted by atomic mass is 16.3. The Morgan fingerprint density at radius 1 is 0.818 bits per heavy atom. The summed E-state index contributed by atoms with van der Waals surface area (Å²) < 4.78 is 0. The van der Waals surface area contributed by atoms with Crippen LogP contribution in [0.5, 0.6) is 0 Å². The second kappa shape index (κ2) is 7.54. The van der Waals surface area contributed by atoms with Crippen molar-refractivity contribution in [1.29, 1.82) is 0 Å². The summed E-state index contributed by atoms with van der Waals surface area (Å²) in [4.78, 5) is 0. The van der Waals surface area contributed by atoms with E-state index in [-0.39, 0.29) is 12.1 Å². The van der Waals surface area contributed by atoms with Gasteiger partial charge in [-0.2, -0.15) is 0 Å². The highest BCUT2D eigenvalue weighted by Gasteiger charge is 2.22. The highest BCUT2D eigenvalue weighted by molar-refractivity contribution is 5.29. The predicted octanol–water partition coefficient (Wildman–Crippen LogP) is 2.10. The van der Waals surface area contributed by atoms with E-state index in [4.69, 9.17) is 11.5 Å². The van der Waals surface area contributed by atoms with E-state index in [1.165, 1.54) is 11.1 Å². The van der Waals surface area contributed by atoms with E-state index in [1.54, 1.807) is 0 Å². The van der Waals surface area contributed by atoms with Gasteiger partial charge in [0.2, 0.25) is 0 Å². The first-order valence-corrected chi connectivity index (χ1v) is 7.76. The second-order valence-electron chi connectivity index (χ2n) is 6.21. The van der Waals surface area contributed by atoms with Gasteiger partial charge in [0.1, 0.15) is 0 Å². The molecule has 2 aromatic carbocycles. The lowest BCUT2D eigenvalue weighted by Gasteiger charge is -2.25. The summed E-state index contributed by atoms with van der Waals surface area (Å²) in [6.07, 6.45) is 0.537. The van der Waals surface area contributed by atoms with Gasteiger partial charge in [-0.25, -0.2) is 0 Å². The Labute approximate surface area is 133 Å². The Morgan fingerprint density at radius 2 is 1.32 bits per heavy atom. The number of benzene rings is 2. The molecular formula is C19H26N2O. The number of rotatable bonds is 6. The molecule has 118 valence electrons. The van der Waals surface area contributed by atoms with E-state index in [1.807, 2.05) is 30.3 Å². The number of hydrogen-bond donors (Lipinski definition) is 3. The first-order chi connectivity index (χ1) is 10.5. The van der Waals surface area contributed by atoms with Gasteiger partial charge in [0, 0.05) is 12.1 Å². The first kappa shape index (κ1) is 16.7. The Hall–Kier alpha value is -1.68. The molecule has 2 aromatic rings. The molecule has 0 radical (unpaired) electrons. The molecule has 0 unspecified atom stereocenters. The maximum atomic E-state index is 10.4. The molecule has 0 aromatic heterocycles. The van der Waals surface area contributed by atoms with Gasteiger partial charge in [-0.05, 0) is 37.8 Å². The zero-order chi connectivity index (χ0) is 16.1. The molecule has 0 spiro atoms. The average Bonchev–Trinajstić information content (AvgIpc) is 2.46. The van der Waals surface area contributed by atoms with Gasteiger partial charge < -0.3 is 16.6 Å². The van der Waals surface area contributed by atoms with Crippen molar-refractivity contribution in [2.75, 3.05) is 0 Å². The van der Waals surface area contributed by atoms with Crippen LogP contribution in [0.25, 0.3) is 0 Å². The van der Waals surface area contributed by atoms with E-state index in [9.17, 15) is 5.11 Å². The van der Waals surface area contributed by atoms with Crippen molar-refractivity contribution >= 4 is 0 Å². The van der Waals surface area contributed by atoms with Gasteiger partial charge in [-0.1, -0.05) is 59.7 Å². The van der Waals surface area contributed by atoms with Crippen LogP contribution >= 0.6 is 0 Å². The first-order valence-electron chi connectivity index (χ1n) is 7.76. The number of aliphatic hydroxyl groups is 1. The smallest absolute Gasteiger partial charge is 0.0848 e. The molecule has 3 heteroatoms. The molecule has 3 nitrogen and oxygen atoms in total. The van der Waals surface area contributed by atoms with Crippen LogP contribution < -0.4 is 11.5 Å². The quantitative estimate of drug-likeness (QED) is 0.765. The minimum Gasteiger partial charge on any atom is -0.390 e. The minimum absolute atomic E-state index is 0.358. The lowest BCUT2D eigenvalue weighted by Crippen LogP contribution is -2.49. The van der Waals surface area contributed by atoms with E-state index in [0.717, 1.165) is 11.1 Å². The Kier molecular flexibility index (Phi) is 5.72. The molecule has 0 saturated carbocycles. The summed E-state index contributed by atoms with van der Waals surface area (Å²) in [5, 5.41) is 10.4. The number of hydrogen-bond acceptors (Lipinski definition) is 3. The van der Waals surface area contributed by atoms with Gasteiger partial charge in [-0.15, -0.1) is 0 Å². The van der Waals surface area contributed by atoms with Gasteiger partial charge in [0.25, 0.3) is 0 Å². The molecule has 0 heterocycles. The summed E-state index contributed by atoms with van der Waals surface area (Å²) in [7, 11) is 0. The second-order valence-corrected chi connectivity index (χ2v) is 6.21. The summed E-state index contributed by atoms with van der Waals surface area (Å²) in [5.41, 5.74) is 17.0. The lowest BCUT2D eigenvalue weighted by atomic mass is 9.93. The van der Waals surface area contributed by atoms with Crippen LogP contribution in [0.2, 0.25) is 0 Å². The van der Waals surface area contributed by atoms with Crippen molar-refractivity contribution in [2.45, 2.75) is 44.9 Å². The van der Waals surface area contributed by atoms with E-state index in [2.05, 4.69) is 32.0 Å². The molecule has 0 aliphatic carbocycles. The Morgan fingerprint density at radius 3 is 1.86 bits per heavy atom. The zero-order valence-corrected chi connectivity index (χ0v) is 13.4. The molecule has 0 fully saturated rings. The summed E-state index contributed by atoms with van der Waals surface area (Å²) >= 11 is 0. The molecular weight excluding hydrogens is 272 g/mol. The molecule has 22 heavy (non-hydrogen) atoms. The van der Waals surface area contributed by atoms with Crippen molar-refractivity contribution in [1.82, 2.24) is 0 Å². The van der Waals surface area contributed by atoms with E-state index < -0.39 is 6.10 Å². The van der Waals surface area contributed by atoms with Gasteiger partial charge in [0.05, 0.1) is 6.10 Å². The summed E-state index contributed by atoms with van der Waals surface area (Å²) in [5.74, 6) is 0. The van der Waals surface area contributed by atoms with Crippen LogP contribution in [0, 0.1) is 13.8 Å². The van der Waals surface area contributed by atoms with Crippen molar-refractivity contribution in [3.8, 4) is 0 Å².